The maximum Gasteiger partial charge on any atom is 0.223 e. The lowest BCUT2D eigenvalue weighted by Crippen LogP contribution is -2.37. The van der Waals surface area contributed by atoms with Crippen LogP contribution >= 0.6 is 0 Å². The van der Waals surface area contributed by atoms with E-state index >= 15 is 0 Å². The Morgan fingerprint density at radius 3 is 2.44 bits per heavy atom. The van der Waals surface area contributed by atoms with Crippen molar-refractivity contribution in [2.45, 2.75) is 18.9 Å². The summed E-state index contributed by atoms with van der Waals surface area (Å²) >= 11 is 0. The predicted octanol–water partition coefficient (Wildman–Crippen LogP) is 4.46. The molecular weight excluding hydrogens is 402 g/mol. The summed E-state index contributed by atoms with van der Waals surface area (Å²) in [7, 11) is 2.15. The fourth-order valence-electron chi connectivity index (χ4n) is 3.72. The van der Waals surface area contributed by atoms with Crippen LogP contribution in [0.25, 0.3) is 11.0 Å². The van der Waals surface area contributed by atoms with Crippen LogP contribution in [0.2, 0.25) is 0 Å². The van der Waals surface area contributed by atoms with Gasteiger partial charge in [-0.2, -0.15) is 0 Å². The summed E-state index contributed by atoms with van der Waals surface area (Å²) in [5.74, 6) is 2.81. The molecule has 0 aliphatic carbocycles. The molecule has 5 rings (SSSR count). The first-order valence-electron chi connectivity index (χ1n) is 10.8. The molecule has 162 valence electrons. The highest BCUT2D eigenvalue weighted by molar-refractivity contribution is 5.87. The number of para-hydroxylation sites is 1. The molecule has 32 heavy (non-hydrogen) atoms. The molecule has 0 atom stereocenters. The second-order valence-corrected chi connectivity index (χ2v) is 7.94. The second-order valence-electron chi connectivity index (χ2n) is 7.94. The summed E-state index contributed by atoms with van der Waals surface area (Å²) in [6.07, 6.45) is 5.41. The number of nitrogens with one attached hydrogen (secondary N) is 2. The summed E-state index contributed by atoms with van der Waals surface area (Å²) < 4.78 is 5.86. The van der Waals surface area contributed by atoms with Crippen molar-refractivity contribution in [1.82, 2.24) is 24.8 Å². The van der Waals surface area contributed by atoms with E-state index in [2.05, 4.69) is 37.5 Å². The van der Waals surface area contributed by atoms with Gasteiger partial charge >= 0.3 is 0 Å². The largest absolute Gasteiger partial charge is 0.457 e. The van der Waals surface area contributed by atoms with Gasteiger partial charge < -0.3 is 20.3 Å². The van der Waals surface area contributed by atoms with Crippen LogP contribution < -0.4 is 15.4 Å². The van der Waals surface area contributed by atoms with Crippen LogP contribution in [0, 0.1) is 0 Å². The number of benzene rings is 2. The number of hydrogen-bond acceptors (Lipinski definition) is 8. The van der Waals surface area contributed by atoms with Crippen molar-refractivity contribution in [3.63, 3.8) is 0 Å². The summed E-state index contributed by atoms with van der Waals surface area (Å²) in [4.78, 5) is 20.2. The zero-order chi connectivity index (χ0) is 21.8. The summed E-state index contributed by atoms with van der Waals surface area (Å²) in [5, 5.41) is 6.81. The van der Waals surface area contributed by atoms with Crippen molar-refractivity contribution in [3.05, 3.63) is 67.1 Å². The van der Waals surface area contributed by atoms with E-state index in [0.717, 1.165) is 43.1 Å². The van der Waals surface area contributed by atoms with Gasteiger partial charge in [-0.15, -0.1) is 0 Å². The Bertz CT molecular complexity index is 1180. The van der Waals surface area contributed by atoms with Gasteiger partial charge in [0.1, 0.15) is 28.9 Å². The van der Waals surface area contributed by atoms with E-state index in [-0.39, 0.29) is 0 Å². The number of piperidine rings is 1. The Hall–Kier alpha value is -3.78. The Morgan fingerprint density at radius 2 is 1.66 bits per heavy atom. The standard InChI is InChI=1S/C24H25N7O/c1-31-13-11-18(12-14-31)29-24-25-15-21-22(30-24)23(27-16-26-21)28-17-7-9-20(10-8-17)32-19-5-3-2-4-6-19/h2-10,15-16,18H,11-14H2,1H3,(H,25,29,30)(H,26,27,28). The maximum absolute atomic E-state index is 5.86. The van der Waals surface area contributed by atoms with E-state index in [0.29, 0.717) is 28.8 Å². The topological polar surface area (TPSA) is 88.1 Å². The van der Waals surface area contributed by atoms with E-state index in [1.165, 1.54) is 6.33 Å². The molecule has 0 amide bonds. The molecule has 8 heteroatoms. The van der Waals surface area contributed by atoms with Gasteiger partial charge in [0.15, 0.2) is 5.82 Å². The zero-order valence-electron chi connectivity index (χ0n) is 17.9. The van der Waals surface area contributed by atoms with Crippen LogP contribution in [0.4, 0.5) is 17.5 Å². The Labute approximate surface area is 186 Å². The van der Waals surface area contributed by atoms with Gasteiger partial charge in [0, 0.05) is 11.7 Å². The number of fused-ring (bicyclic) bond motifs is 1. The SMILES string of the molecule is CN1CCC(Nc2ncc3ncnc(Nc4ccc(Oc5ccccc5)cc4)c3n2)CC1. The number of anilines is 3. The van der Waals surface area contributed by atoms with Crippen LogP contribution in [0.1, 0.15) is 12.8 Å². The van der Waals surface area contributed by atoms with E-state index in [1.54, 1.807) is 6.20 Å². The van der Waals surface area contributed by atoms with E-state index in [9.17, 15) is 0 Å². The van der Waals surface area contributed by atoms with Gasteiger partial charge in [0.2, 0.25) is 5.95 Å². The highest BCUT2D eigenvalue weighted by atomic mass is 16.5. The van der Waals surface area contributed by atoms with E-state index < -0.39 is 0 Å². The normalized spacial score (nSPS) is 14.9. The minimum absolute atomic E-state index is 0.377. The van der Waals surface area contributed by atoms with Crippen molar-refractivity contribution in [2.75, 3.05) is 30.8 Å². The molecule has 0 spiro atoms. The van der Waals surface area contributed by atoms with Crippen molar-refractivity contribution >= 4 is 28.5 Å². The Kier molecular flexibility index (Phi) is 5.76. The molecule has 1 fully saturated rings. The number of ether oxygens (including phenoxy) is 1. The van der Waals surface area contributed by atoms with Crippen LogP contribution in [0.3, 0.4) is 0 Å². The van der Waals surface area contributed by atoms with Gasteiger partial charge in [0.05, 0.1) is 6.20 Å². The molecule has 1 saturated heterocycles. The molecule has 0 radical (unpaired) electrons. The number of likely N-dealkylation sites (tertiary alicyclic amines) is 1. The fraction of sp³-hybridized carbons (Fsp3) is 0.250. The minimum atomic E-state index is 0.377. The molecule has 0 bridgehead atoms. The van der Waals surface area contributed by atoms with Gasteiger partial charge in [-0.25, -0.2) is 19.9 Å². The summed E-state index contributed by atoms with van der Waals surface area (Å²) in [6.45, 7) is 2.15. The molecule has 4 aromatic rings. The molecule has 3 heterocycles. The smallest absolute Gasteiger partial charge is 0.223 e. The molecule has 1 aliphatic rings. The van der Waals surface area contributed by atoms with Crippen LogP contribution in [0.15, 0.2) is 67.1 Å². The number of nitrogens with zero attached hydrogens (tertiary/aromatic N) is 5. The second kappa shape index (κ2) is 9.15. The third-order valence-corrected chi connectivity index (χ3v) is 5.53. The maximum atomic E-state index is 5.86. The number of aromatic nitrogens is 4. The molecule has 2 aromatic carbocycles. The monoisotopic (exact) mass is 427 g/mol. The first-order valence-corrected chi connectivity index (χ1v) is 10.8. The highest BCUT2D eigenvalue weighted by Crippen LogP contribution is 2.26. The van der Waals surface area contributed by atoms with Gasteiger partial charge in [0.25, 0.3) is 0 Å². The fourth-order valence-corrected chi connectivity index (χ4v) is 3.72. The molecule has 2 N–H and O–H groups in total. The average molecular weight is 428 g/mol. The van der Waals surface area contributed by atoms with Crippen molar-refractivity contribution in [1.29, 1.82) is 0 Å². The number of hydrogen-bond donors (Lipinski definition) is 2. The highest BCUT2D eigenvalue weighted by Gasteiger charge is 2.18. The lowest BCUT2D eigenvalue weighted by Gasteiger charge is -2.29. The first kappa shape index (κ1) is 20.1. The van der Waals surface area contributed by atoms with Crippen molar-refractivity contribution in [3.8, 4) is 11.5 Å². The van der Waals surface area contributed by atoms with Crippen LogP contribution in [-0.2, 0) is 0 Å². The summed E-state index contributed by atoms with van der Waals surface area (Å²) in [5.41, 5.74) is 2.26. The molecule has 8 nitrogen and oxygen atoms in total. The lowest BCUT2D eigenvalue weighted by atomic mass is 10.1. The number of rotatable bonds is 6. The molecular formula is C24H25N7O. The third-order valence-electron chi connectivity index (χ3n) is 5.53. The quantitative estimate of drug-likeness (QED) is 0.466. The molecule has 0 saturated carbocycles. The van der Waals surface area contributed by atoms with Gasteiger partial charge in [-0.3, -0.25) is 0 Å². The Morgan fingerprint density at radius 1 is 0.906 bits per heavy atom. The van der Waals surface area contributed by atoms with Crippen molar-refractivity contribution in [2.24, 2.45) is 0 Å². The zero-order valence-corrected chi connectivity index (χ0v) is 17.9. The predicted molar refractivity (Wildman–Crippen MR) is 126 cm³/mol. The lowest BCUT2D eigenvalue weighted by molar-refractivity contribution is 0.263. The van der Waals surface area contributed by atoms with Gasteiger partial charge in [-0.05, 0) is 69.4 Å². The molecule has 0 unspecified atom stereocenters. The van der Waals surface area contributed by atoms with E-state index in [1.807, 2.05) is 54.6 Å². The Balaban J connectivity index is 1.32. The molecule has 1 aliphatic heterocycles. The average Bonchev–Trinajstić information content (AvgIpc) is 2.83. The summed E-state index contributed by atoms with van der Waals surface area (Å²) in [6, 6.07) is 17.8. The molecule has 2 aromatic heterocycles. The van der Waals surface area contributed by atoms with Crippen LogP contribution in [-0.4, -0.2) is 51.0 Å². The third kappa shape index (κ3) is 4.76. The van der Waals surface area contributed by atoms with E-state index in [4.69, 9.17) is 9.72 Å². The minimum Gasteiger partial charge on any atom is -0.457 e. The van der Waals surface area contributed by atoms with Gasteiger partial charge in [-0.1, -0.05) is 18.2 Å². The van der Waals surface area contributed by atoms with Crippen molar-refractivity contribution < 1.29 is 4.74 Å². The first-order chi connectivity index (χ1) is 15.7. The van der Waals surface area contributed by atoms with Crippen LogP contribution in [0.5, 0.6) is 11.5 Å².